The lowest BCUT2D eigenvalue weighted by Crippen LogP contribution is -2.33. The molecule has 2 N–H and O–H groups in total. The quantitative estimate of drug-likeness (QED) is 0.924. The molecule has 0 radical (unpaired) electrons. The Morgan fingerprint density at radius 3 is 3.15 bits per heavy atom. The molecule has 1 fully saturated rings. The molecule has 1 amide bonds. The lowest BCUT2D eigenvalue weighted by molar-refractivity contribution is 0.100. The Morgan fingerprint density at radius 1 is 1.55 bits per heavy atom. The normalized spacial score (nSPS) is 20.4. The van der Waals surface area contributed by atoms with Crippen LogP contribution in [0.2, 0.25) is 0 Å². The lowest BCUT2D eigenvalue weighted by Gasteiger charge is -2.30. The molecular formula is C15H20N4O. The van der Waals surface area contributed by atoms with E-state index in [4.69, 9.17) is 5.73 Å². The van der Waals surface area contributed by atoms with E-state index in [-0.39, 0.29) is 0 Å². The van der Waals surface area contributed by atoms with Gasteiger partial charge in [0.1, 0.15) is 5.65 Å². The third-order valence-corrected chi connectivity index (χ3v) is 3.96. The van der Waals surface area contributed by atoms with Crippen LogP contribution in [0.1, 0.15) is 35.7 Å². The van der Waals surface area contributed by atoms with Crippen molar-refractivity contribution in [3.8, 4) is 0 Å². The molecule has 5 heteroatoms. The Morgan fingerprint density at radius 2 is 2.40 bits per heavy atom. The molecule has 5 nitrogen and oxygen atoms in total. The molecule has 106 valence electrons. The van der Waals surface area contributed by atoms with Crippen molar-refractivity contribution in [2.24, 2.45) is 11.7 Å². The van der Waals surface area contributed by atoms with Gasteiger partial charge in [-0.2, -0.15) is 0 Å². The first-order chi connectivity index (χ1) is 9.63. The molecule has 0 spiro atoms. The van der Waals surface area contributed by atoms with Crippen molar-refractivity contribution in [3.05, 3.63) is 35.8 Å². The molecule has 3 rings (SSSR count). The van der Waals surface area contributed by atoms with Gasteiger partial charge in [-0.25, -0.2) is 4.98 Å². The number of carbonyl (C=O) groups excluding carboxylic acids is 1. The largest absolute Gasteiger partial charge is 0.365 e. The van der Waals surface area contributed by atoms with Crippen LogP contribution in [0.15, 0.2) is 24.7 Å². The maximum absolute atomic E-state index is 11.6. The number of likely N-dealkylation sites (tertiary alicyclic amines) is 1. The number of hydrogen-bond acceptors (Lipinski definition) is 3. The van der Waals surface area contributed by atoms with Crippen LogP contribution in [0.4, 0.5) is 0 Å². The Kier molecular flexibility index (Phi) is 3.44. The van der Waals surface area contributed by atoms with Crippen LogP contribution in [0.25, 0.3) is 5.65 Å². The molecule has 0 aromatic carbocycles. The summed E-state index contributed by atoms with van der Waals surface area (Å²) in [5, 5.41) is 0. The summed E-state index contributed by atoms with van der Waals surface area (Å²) in [4.78, 5) is 18.2. The fraction of sp³-hybridized carbons (Fsp3) is 0.467. The van der Waals surface area contributed by atoms with E-state index in [0.29, 0.717) is 11.2 Å². The zero-order valence-corrected chi connectivity index (χ0v) is 11.7. The Balaban J connectivity index is 1.89. The predicted octanol–water partition coefficient (Wildman–Crippen LogP) is 1.67. The summed E-state index contributed by atoms with van der Waals surface area (Å²) in [5.41, 5.74) is 7.70. The standard InChI is InChI=1S/C15H20N4O/c1-11-3-2-5-18(8-11)9-12-7-13(14(16)20)15-17-4-6-19(15)10-12/h4,6-7,10-11H,2-3,5,8-9H2,1H3,(H2,16,20). The number of hydrogen-bond donors (Lipinski definition) is 1. The van der Waals surface area contributed by atoms with Crippen molar-refractivity contribution < 1.29 is 4.79 Å². The smallest absolute Gasteiger partial charge is 0.252 e. The maximum Gasteiger partial charge on any atom is 0.252 e. The van der Waals surface area contributed by atoms with Crippen LogP contribution in [-0.4, -0.2) is 33.3 Å². The maximum atomic E-state index is 11.6. The van der Waals surface area contributed by atoms with Crippen LogP contribution in [-0.2, 0) is 6.54 Å². The number of pyridine rings is 1. The zero-order valence-electron chi connectivity index (χ0n) is 11.7. The second-order valence-corrected chi connectivity index (χ2v) is 5.77. The van der Waals surface area contributed by atoms with Crippen LogP contribution in [0.5, 0.6) is 0 Å². The number of rotatable bonds is 3. The van der Waals surface area contributed by atoms with Crippen molar-refractivity contribution in [3.63, 3.8) is 0 Å². The Bertz CT molecular complexity index is 634. The van der Waals surface area contributed by atoms with Gasteiger partial charge in [-0.3, -0.25) is 9.69 Å². The topological polar surface area (TPSA) is 63.6 Å². The number of primary amides is 1. The summed E-state index contributed by atoms with van der Waals surface area (Å²) < 4.78 is 1.88. The highest BCUT2D eigenvalue weighted by Crippen LogP contribution is 2.19. The number of aromatic nitrogens is 2. The van der Waals surface area contributed by atoms with Crippen molar-refractivity contribution in [2.75, 3.05) is 13.1 Å². The van der Waals surface area contributed by atoms with Gasteiger partial charge in [-0.15, -0.1) is 0 Å². The Hall–Kier alpha value is -1.88. The predicted molar refractivity (Wildman–Crippen MR) is 77.4 cm³/mol. The molecular weight excluding hydrogens is 252 g/mol. The molecule has 1 aliphatic rings. The van der Waals surface area contributed by atoms with Gasteiger partial charge < -0.3 is 10.1 Å². The molecule has 1 atom stereocenters. The van der Waals surface area contributed by atoms with Gasteiger partial charge in [-0.05, 0) is 36.9 Å². The van der Waals surface area contributed by atoms with Gasteiger partial charge in [0.25, 0.3) is 5.91 Å². The van der Waals surface area contributed by atoms with Gasteiger partial charge in [0, 0.05) is 31.7 Å². The van der Waals surface area contributed by atoms with Crippen LogP contribution >= 0.6 is 0 Å². The van der Waals surface area contributed by atoms with Gasteiger partial charge in [0.15, 0.2) is 0 Å². The van der Waals surface area contributed by atoms with Crippen LogP contribution in [0, 0.1) is 5.92 Å². The monoisotopic (exact) mass is 272 g/mol. The van der Waals surface area contributed by atoms with Crippen LogP contribution < -0.4 is 5.73 Å². The van der Waals surface area contributed by atoms with Crippen molar-refractivity contribution in [2.45, 2.75) is 26.3 Å². The second kappa shape index (κ2) is 5.25. The molecule has 0 aliphatic carbocycles. The van der Waals surface area contributed by atoms with E-state index >= 15 is 0 Å². The highest BCUT2D eigenvalue weighted by molar-refractivity contribution is 5.98. The average Bonchev–Trinajstić information content (AvgIpc) is 2.85. The SMILES string of the molecule is CC1CCCN(Cc2cc(C(N)=O)c3nccn3c2)C1. The van der Waals surface area contributed by atoms with E-state index < -0.39 is 5.91 Å². The van der Waals surface area contributed by atoms with E-state index in [9.17, 15) is 4.79 Å². The minimum Gasteiger partial charge on any atom is -0.365 e. The first kappa shape index (κ1) is 13.1. The zero-order chi connectivity index (χ0) is 14.1. The molecule has 2 aromatic heterocycles. The minimum atomic E-state index is -0.421. The first-order valence-corrected chi connectivity index (χ1v) is 7.11. The number of piperidine rings is 1. The molecule has 0 bridgehead atoms. The average molecular weight is 272 g/mol. The van der Waals surface area contributed by atoms with Crippen LogP contribution in [0.3, 0.4) is 0 Å². The molecule has 0 saturated carbocycles. The second-order valence-electron chi connectivity index (χ2n) is 5.77. The summed E-state index contributed by atoms with van der Waals surface area (Å²) in [6.45, 7) is 5.39. The van der Waals surface area contributed by atoms with Crippen molar-refractivity contribution in [1.29, 1.82) is 0 Å². The molecule has 1 unspecified atom stereocenters. The van der Waals surface area contributed by atoms with Gasteiger partial charge in [0.2, 0.25) is 0 Å². The van der Waals surface area contributed by atoms with E-state index in [1.165, 1.54) is 12.8 Å². The Labute approximate surface area is 118 Å². The molecule has 3 heterocycles. The highest BCUT2D eigenvalue weighted by atomic mass is 16.1. The van der Waals surface area contributed by atoms with Gasteiger partial charge >= 0.3 is 0 Å². The van der Waals surface area contributed by atoms with Crippen molar-refractivity contribution >= 4 is 11.6 Å². The van der Waals surface area contributed by atoms with E-state index in [1.807, 2.05) is 22.9 Å². The summed E-state index contributed by atoms with van der Waals surface area (Å²) in [6, 6.07) is 1.88. The van der Waals surface area contributed by atoms with Gasteiger partial charge in [0.05, 0.1) is 5.56 Å². The molecule has 1 aliphatic heterocycles. The number of amides is 1. The number of nitrogens with zero attached hydrogens (tertiary/aromatic N) is 3. The summed E-state index contributed by atoms with van der Waals surface area (Å²) >= 11 is 0. The molecule has 20 heavy (non-hydrogen) atoms. The lowest BCUT2D eigenvalue weighted by atomic mass is 10.00. The number of nitrogens with two attached hydrogens (primary N) is 1. The first-order valence-electron chi connectivity index (χ1n) is 7.11. The summed E-state index contributed by atoms with van der Waals surface area (Å²) in [5.74, 6) is 0.325. The fourth-order valence-electron chi connectivity index (χ4n) is 3.05. The molecule has 2 aromatic rings. The number of fused-ring (bicyclic) bond motifs is 1. The van der Waals surface area contributed by atoms with E-state index in [1.54, 1.807) is 6.20 Å². The van der Waals surface area contributed by atoms with E-state index in [0.717, 1.165) is 31.1 Å². The fourth-order valence-corrected chi connectivity index (χ4v) is 3.05. The third-order valence-electron chi connectivity index (χ3n) is 3.96. The number of imidazole rings is 1. The molecule has 1 saturated heterocycles. The van der Waals surface area contributed by atoms with Gasteiger partial charge in [-0.1, -0.05) is 6.92 Å². The highest BCUT2D eigenvalue weighted by Gasteiger charge is 2.17. The number of carbonyl (C=O) groups is 1. The minimum absolute atomic E-state index is 0.421. The summed E-state index contributed by atoms with van der Waals surface area (Å²) in [6.07, 6.45) is 8.13. The summed E-state index contributed by atoms with van der Waals surface area (Å²) in [7, 11) is 0. The third kappa shape index (κ3) is 2.54. The van der Waals surface area contributed by atoms with E-state index in [2.05, 4.69) is 16.8 Å². The van der Waals surface area contributed by atoms with Crippen molar-refractivity contribution in [1.82, 2.24) is 14.3 Å².